The standard InChI is InChI=1S/C23H21FN2O3/c1-2-28-21-13-9-18(10-14-21)23(27)26-25-15-19-5-3-4-6-22(19)29-16-17-7-11-20(24)12-8-17/h3-15H,2,16H2,1H3,(H,26,27)/b25-15-. The molecule has 6 heteroatoms. The Hall–Kier alpha value is -3.67. The summed E-state index contributed by atoms with van der Waals surface area (Å²) in [4.78, 5) is 12.2. The zero-order chi connectivity index (χ0) is 20.5. The second kappa shape index (κ2) is 10.0. The van der Waals surface area contributed by atoms with Crippen molar-refractivity contribution in [2.45, 2.75) is 13.5 Å². The minimum Gasteiger partial charge on any atom is -0.494 e. The minimum absolute atomic E-state index is 0.287. The van der Waals surface area contributed by atoms with Crippen LogP contribution in [0.2, 0.25) is 0 Å². The van der Waals surface area contributed by atoms with Crippen molar-refractivity contribution in [3.63, 3.8) is 0 Å². The summed E-state index contributed by atoms with van der Waals surface area (Å²) in [7, 11) is 0. The number of carbonyl (C=O) groups is 1. The number of rotatable bonds is 8. The van der Waals surface area contributed by atoms with E-state index in [1.165, 1.54) is 18.3 Å². The number of halogens is 1. The number of amides is 1. The van der Waals surface area contributed by atoms with Crippen LogP contribution in [0.4, 0.5) is 4.39 Å². The summed E-state index contributed by atoms with van der Waals surface area (Å²) >= 11 is 0. The summed E-state index contributed by atoms with van der Waals surface area (Å²) in [6.45, 7) is 2.76. The third kappa shape index (κ3) is 5.90. The van der Waals surface area contributed by atoms with E-state index < -0.39 is 0 Å². The van der Waals surface area contributed by atoms with Crippen molar-refractivity contribution >= 4 is 12.1 Å². The van der Waals surface area contributed by atoms with Crippen LogP contribution in [0, 0.1) is 5.82 Å². The molecule has 1 N–H and O–H groups in total. The SMILES string of the molecule is CCOc1ccc(C(=O)N/N=C\c2ccccc2OCc2ccc(F)cc2)cc1. The highest BCUT2D eigenvalue weighted by molar-refractivity contribution is 5.95. The van der Waals surface area contributed by atoms with Crippen LogP contribution in [-0.2, 0) is 6.61 Å². The molecular formula is C23H21FN2O3. The van der Waals surface area contributed by atoms with E-state index in [0.29, 0.717) is 35.8 Å². The lowest BCUT2D eigenvalue weighted by Crippen LogP contribution is -2.17. The molecule has 0 atom stereocenters. The second-order valence-electron chi connectivity index (χ2n) is 6.11. The van der Waals surface area contributed by atoms with Gasteiger partial charge in [0.25, 0.3) is 5.91 Å². The largest absolute Gasteiger partial charge is 0.494 e. The first-order valence-corrected chi connectivity index (χ1v) is 9.18. The van der Waals surface area contributed by atoms with Gasteiger partial charge in [-0.2, -0.15) is 5.10 Å². The van der Waals surface area contributed by atoms with Gasteiger partial charge in [0.2, 0.25) is 0 Å². The van der Waals surface area contributed by atoms with Gasteiger partial charge in [-0.25, -0.2) is 9.82 Å². The maximum absolute atomic E-state index is 13.0. The molecular weight excluding hydrogens is 371 g/mol. The lowest BCUT2D eigenvalue weighted by molar-refractivity contribution is 0.0955. The van der Waals surface area contributed by atoms with Crippen molar-refractivity contribution in [3.05, 3.63) is 95.3 Å². The van der Waals surface area contributed by atoms with Gasteiger partial charge in [-0.1, -0.05) is 24.3 Å². The molecule has 0 aliphatic carbocycles. The van der Waals surface area contributed by atoms with Crippen molar-refractivity contribution in [1.29, 1.82) is 0 Å². The Morgan fingerprint density at radius 3 is 2.45 bits per heavy atom. The highest BCUT2D eigenvalue weighted by Crippen LogP contribution is 2.18. The van der Waals surface area contributed by atoms with Gasteiger partial charge in [-0.05, 0) is 61.0 Å². The van der Waals surface area contributed by atoms with E-state index in [9.17, 15) is 9.18 Å². The minimum atomic E-state index is -0.325. The van der Waals surface area contributed by atoms with Crippen LogP contribution in [0.15, 0.2) is 77.9 Å². The van der Waals surface area contributed by atoms with Gasteiger partial charge in [0.05, 0.1) is 12.8 Å². The van der Waals surface area contributed by atoms with Crippen LogP contribution in [0.3, 0.4) is 0 Å². The molecule has 1 amide bonds. The van der Waals surface area contributed by atoms with Gasteiger partial charge >= 0.3 is 0 Å². The number of para-hydroxylation sites is 1. The Balaban J connectivity index is 1.60. The first-order chi connectivity index (χ1) is 14.2. The molecule has 3 rings (SSSR count). The quantitative estimate of drug-likeness (QED) is 0.451. The van der Waals surface area contributed by atoms with E-state index in [4.69, 9.17) is 9.47 Å². The molecule has 0 saturated heterocycles. The van der Waals surface area contributed by atoms with Crippen molar-refractivity contribution in [1.82, 2.24) is 5.43 Å². The van der Waals surface area contributed by atoms with Gasteiger partial charge in [0, 0.05) is 11.1 Å². The van der Waals surface area contributed by atoms with E-state index >= 15 is 0 Å². The predicted molar refractivity (Wildman–Crippen MR) is 110 cm³/mol. The highest BCUT2D eigenvalue weighted by Gasteiger charge is 2.05. The number of nitrogens with one attached hydrogen (secondary N) is 1. The zero-order valence-electron chi connectivity index (χ0n) is 16.0. The van der Waals surface area contributed by atoms with Crippen molar-refractivity contribution in [2.24, 2.45) is 5.10 Å². The van der Waals surface area contributed by atoms with E-state index in [1.54, 1.807) is 42.5 Å². The highest BCUT2D eigenvalue weighted by atomic mass is 19.1. The van der Waals surface area contributed by atoms with E-state index in [0.717, 1.165) is 5.56 Å². The number of ether oxygens (including phenoxy) is 2. The average Bonchev–Trinajstić information content (AvgIpc) is 2.75. The Morgan fingerprint density at radius 1 is 1.00 bits per heavy atom. The van der Waals surface area contributed by atoms with Gasteiger partial charge in [0.1, 0.15) is 23.9 Å². The fraction of sp³-hybridized carbons (Fsp3) is 0.130. The number of hydrazone groups is 1. The van der Waals surface area contributed by atoms with Crippen LogP contribution in [0.5, 0.6) is 11.5 Å². The molecule has 5 nitrogen and oxygen atoms in total. The average molecular weight is 392 g/mol. The Kier molecular flexibility index (Phi) is 6.95. The van der Waals surface area contributed by atoms with Gasteiger partial charge in [-0.3, -0.25) is 4.79 Å². The fourth-order valence-corrected chi connectivity index (χ4v) is 2.55. The number of carbonyl (C=O) groups excluding carboxylic acids is 1. The summed E-state index contributed by atoms with van der Waals surface area (Å²) in [6, 6.07) is 20.3. The molecule has 29 heavy (non-hydrogen) atoms. The molecule has 3 aromatic carbocycles. The summed E-state index contributed by atoms with van der Waals surface area (Å²) in [5, 5.41) is 4.02. The molecule has 0 aliphatic heterocycles. The predicted octanol–water partition coefficient (Wildman–Crippen LogP) is 4.57. The first-order valence-electron chi connectivity index (χ1n) is 9.18. The lowest BCUT2D eigenvalue weighted by atomic mass is 10.2. The smallest absolute Gasteiger partial charge is 0.271 e. The second-order valence-corrected chi connectivity index (χ2v) is 6.11. The molecule has 0 spiro atoms. The molecule has 0 aliphatic rings. The molecule has 0 saturated carbocycles. The Morgan fingerprint density at radius 2 is 1.72 bits per heavy atom. The van der Waals surface area contributed by atoms with Gasteiger partial charge < -0.3 is 9.47 Å². The maximum atomic E-state index is 13.0. The fourth-order valence-electron chi connectivity index (χ4n) is 2.55. The zero-order valence-corrected chi connectivity index (χ0v) is 16.0. The molecule has 3 aromatic rings. The summed E-state index contributed by atoms with van der Waals surface area (Å²) in [6.07, 6.45) is 1.52. The van der Waals surface area contributed by atoms with Crippen LogP contribution < -0.4 is 14.9 Å². The lowest BCUT2D eigenvalue weighted by Gasteiger charge is -2.09. The van der Waals surface area contributed by atoms with Gasteiger partial charge in [0.15, 0.2) is 0 Å². The van der Waals surface area contributed by atoms with Crippen LogP contribution >= 0.6 is 0 Å². The van der Waals surface area contributed by atoms with Crippen molar-refractivity contribution in [3.8, 4) is 11.5 Å². The van der Waals surface area contributed by atoms with Crippen molar-refractivity contribution in [2.75, 3.05) is 6.61 Å². The Labute approximate surface area is 168 Å². The number of hydrogen-bond acceptors (Lipinski definition) is 4. The topological polar surface area (TPSA) is 59.9 Å². The third-order valence-corrected chi connectivity index (χ3v) is 4.02. The summed E-state index contributed by atoms with van der Waals surface area (Å²) in [5.41, 5.74) is 4.54. The molecule has 0 aromatic heterocycles. The number of hydrogen-bond donors (Lipinski definition) is 1. The molecule has 0 bridgehead atoms. The van der Waals surface area contributed by atoms with E-state index in [-0.39, 0.29) is 11.7 Å². The molecule has 0 unspecified atom stereocenters. The Bertz CT molecular complexity index is 970. The molecule has 148 valence electrons. The first kappa shape index (κ1) is 20.1. The van der Waals surface area contributed by atoms with Crippen LogP contribution in [0.1, 0.15) is 28.4 Å². The summed E-state index contributed by atoms with van der Waals surface area (Å²) in [5.74, 6) is 0.703. The monoisotopic (exact) mass is 392 g/mol. The maximum Gasteiger partial charge on any atom is 0.271 e. The van der Waals surface area contributed by atoms with Crippen molar-refractivity contribution < 1.29 is 18.7 Å². The summed E-state index contributed by atoms with van der Waals surface area (Å²) < 4.78 is 24.2. The third-order valence-electron chi connectivity index (χ3n) is 4.02. The van der Waals surface area contributed by atoms with Crippen LogP contribution in [-0.4, -0.2) is 18.7 Å². The number of benzene rings is 3. The molecule has 0 heterocycles. The molecule has 0 fully saturated rings. The van der Waals surface area contributed by atoms with Gasteiger partial charge in [-0.15, -0.1) is 0 Å². The van der Waals surface area contributed by atoms with Crippen LogP contribution in [0.25, 0.3) is 0 Å². The molecule has 0 radical (unpaired) electrons. The van der Waals surface area contributed by atoms with E-state index in [2.05, 4.69) is 10.5 Å². The number of nitrogens with zero attached hydrogens (tertiary/aromatic N) is 1. The normalized spacial score (nSPS) is 10.7. The van der Waals surface area contributed by atoms with E-state index in [1.807, 2.05) is 25.1 Å².